The molecule has 0 atom stereocenters. The second kappa shape index (κ2) is 11.7. The van der Waals surface area contributed by atoms with Crippen LogP contribution in [0.5, 0.6) is 0 Å². The van der Waals surface area contributed by atoms with Gasteiger partial charge in [-0.05, 0) is 53.5 Å². The van der Waals surface area contributed by atoms with Gasteiger partial charge >= 0.3 is 0 Å². The molecule has 0 aliphatic carbocycles. The van der Waals surface area contributed by atoms with Crippen LogP contribution in [-0.2, 0) is 4.74 Å². The van der Waals surface area contributed by atoms with Crippen LogP contribution in [0.25, 0.3) is 0 Å². The van der Waals surface area contributed by atoms with Crippen LogP contribution in [0.3, 0.4) is 0 Å². The van der Waals surface area contributed by atoms with Gasteiger partial charge in [-0.3, -0.25) is 4.90 Å². The van der Waals surface area contributed by atoms with E-state index >= 15 is 0 Å². The van der Waals surface area contributed by atoms with E-state index in [1.807, 2.05) is 0 Å². The van der Waals surface area contributed by atoms with Crippen molar-refractivity contribution in [1.82, 2.24) is 10.2 Å². The molecule has 0 amide bonds. The molecule has 0 rings (SSSR count). The molecule has 116 valence electrons. The van der Waals surface area contributed by atoms with E-state index in [4.69, 9.17) is 4.74 Å². The molecule has 0 aromatic rings. The fourth-order valence-corrected chi connectivity index (χ4v) is 2.28. The molecule has 0 spiro atoms. The van der Waals surface area contributed by atoms with E-state index < -0.39 is 0 Å². The molecule has 0 aromatic carbocycles. The lowest BCUT2D eigenvalue weighted by molar-refractivity contribution is 0.0765. The Balaban J connectivity index is 3.35. The highest BCUT2D eigenvalue weighted by Crippen LogP contribution is 2.04. The average molecular weight is 272 g/mol. The minimum Gasteiger partial charge on any atom is -0.380 e. The normalized spacial score (nSPS) is 12.3. The Hall–Kier alpha value is -0.120. The highest BCUT2D eigenvalue weighted by molar-refractivity contribution is 4.66. The van der Waals surface area contributed by atoms with E-state index in [9.17, 15) is 0 Å². The van der Waals surface area contributed by atoms with E-state index in [2.05, 4.69) is 51.8 Å². The van der Waals surface area contributed by atoms with Crippen molar-refractivity contribution in [2.75, 3.05) is 26.3 Å². The molecule has 0 aromatic heterocycles. The Kier molecular flexibility index (Phi) is 11.6. The molecule has 0 radical (unpaired) electrons. The molecule has 0 saturated carbocycles. The zero-order valence-electron chi connectivity index (χ0n) is 14.0. The lowest BCUT2D eigenvalue weighted by Gasteiger charge is -2.30. The molecule has 0 bridgehead atoms. The fourth-order valence-electron chi connectivity index (χ4n) is 2.28. The van der Waals surface area contributed by atoms with Gasteiger partial charge in [-0.25, -0.2) is 0 Å². The molecule has 0 unspecified atom stereocenters. The van der Waals surface area contributed by atoms with E-state index in [0.717, 1.165) is 26.3 Å². The summed E-state index contributed by atoms with van der Waals surface area (Å²) in [6.07, 6.45) is 3.70. The standard InChI is InChI=1S/C16H36N2O/c1-14(2)17-10-8-7-9-12-19-13-11-18(15(3)4)16(5)6/h14-17H,7-13H2,1-6H3. The van der Waals surface area contributed by atoms with Crippen molar-refractivity contribution in [3.8, 4) is 0 Å². The lowest BCUT2D eigenvalue weighted by atomic mass is 10.2. The third-order valence-electron chi connectivity index (χ3n) is 3.34. The highest BCUT2D eigenvalue weighted by Gasteiger charge is 2.12. The predicted octanol–water partition coefficient (Wildman–Crippen LogP) is 3.29. The van der Waals surface area contributed by atoms with Gasteiger partial charge in [-0.15, -0.1) is 0 Å². The topological polar surface area (TPSA) is 24.5 Å². The zero-order valence-corrected chi connectivity index (χ0v) is 14.0. The summed E-state index contributed by atoms with van der Waals surface area (Å²) in [6, 6.07) is 1.81. The molecule has 19 heavy (non-hydrogen) atoms. The third-order valence-corrected chi connectivity index (χ3v) is 3.34. The number of nitrogens with one attached hydrogen (secondary N) is 1. The molecule has 0 saturated heterocycles. The Labute approximate surface area is 121 Å². The Bertz CT molecular complexity index is 185. The summed E-state index contributed by atoms with van der Waals surface area (Å²) < 4.78 is 5.73. The molecule has 0 fully saturated rings. The first-order chi connectivity index (χ1) is 8.95. The summed E-state index contributed by atoms with van der Waals surface area (Å²) in [5, 5.41) is 3.44. The Morgan fingerprint density at radius 3 is 2.00 bits per heavy atom. The average Bonchev–Trinajstić information content (AvgIpc) is 2.30. The summed E-state index contributed by atoms with van der Waals surface area (Å²) in [4.78, 5) is 2.48. The van der Waals surface area contributed by atoms with Gasteiger partial charge in [0.25, 0.3) is 0 Å². The van der Waals surface area contributed by atoms with Crippen LogP contribution in [-0.4, -0.2) is 49.3 Å². The Morgan fingerprint density at radius 2 is 1.47 bits per heavy atom. The second-order valence-electron chi connectivity index (χ2n) is 6.21. The summed E-state index contributed by atoms with van der Waals surface area (Å²) in [7, 11) is 0. The molecular weight excluding hydrogens is 236 g/mol. The number of hydrogen-bond acceptors (Lipinski definition) is 3. The smallest absolute Gasteiger partial charge is 0.0593 e. The molecule has 1 N–H and O–H groups in total. The van der Waals surface area contributed by atoms with Gasteiger partial charge < -0.3 is 10.1 Å². The van der Waals surface area contributed by atoms with Crippen LogP contribution in [0.15, 0.2) is 0 Å². The maximum atomic E-state index is 5.73. The van der Waals surface area contributed by atoms with Gasteiger partial charge in [0.15, 0.2) is 0 Å². The number of rotatable bonds is 12. The zero-order chi connectivity index (χ0) is 14.7. The van der Waals surface area contributed by atoms with E-state index in [0.29, 0.717) is 18.1 Å². The maximum absolute atomic E-state index is 5.73. The molecule has 0 heterocycles. The number of unbranched alkanes of at least 4 members (excludes halogenated alkanes) is 2. The van der Waals surface area contributed by atoms with Crippen molar-refractivity contribution < 1.29 is 4.74 Å². The Morgan fingerprint density at radius 1 is 0.842 bits per heavy atom. The first-order valence-electron chi connectivity index (χ1n) is 8.02. The van der Waals surface area contributed by atoms with Crippen molar-refractivity contribution in [3.63, 3.8) is 0 Å². The fraction of sp³-hybridized carbons (Fsp3) is 1.00. The van der Waals surface area contributed by atoms with E-state index in [-0.39, 0.29) is 0 Å². The third kappa shape index (κ3) is 11.4. The van der Waals surface area contributed by atoms with Crippen LogP contribution < -0.4 is 5.32 Å². The minimum absolute atomic E-state index is 0.603. The van der Waals surface area contributed by atoms with Crippen LogP contribution in [0.1, 0.15) is 60.8 Å². The van der Waals surface area contributed by atoms with Gasteiger partial charge in [-0.1, -0.05) is 13.8 Å². The van der Waals surface area contributed by atoms with Crippen molar-refractivity contribution in [3.05, 3.63) is 0 Å². The van der Waals surface area contributed by atoms with E-state index in [1.54, 1.807) is 0 Å². The van der Waals surface area contributed by atoms with Crippen LogP contribution in [0.2, 0.25) is 0 Å². The second-order valence-corrected chi connectivity index (χ2v) is 6.21. The largest absolute Gasteiger partial charge is 0.380 e. The molecule has 3 heteroatoms. The van der Waals surface area contributed by atoms with Crippen LogP contribution in [0.4, 0.5) is 0 Å². The maximum Gasteiger partial charge on any atom is 0.0593 e. The van der Waals surface area contributed by atoms with Crippen molar-refractivity contribution in [2.24, 2.45) is 0 Å². The first-order valence-corrected chi connectivity index (χ1v) is 8.02. The van der Waals surface area contributed by atoms with Gasteiger partial charge in [0.1, 0.15) is 0 Å². The minimum atomic E-state index is 0.603. The highest BCUT2D eigenvalue weighted by atomic mass is 16.5. The van der Waals surface area contributed by atoms with Crippen molar-refractivity contribution >= 4 is 0 Å². The quantitative estimate of drug-likeness (QED) is 0.552. The van der Waals surface area contributed by atoms with Crippen molar-refractivity contribution in [2.45, 2.75) is 78.9 Å². The lowest BCUT2D eigenvalue weighted by Crippen LogP contribution is -2.39. The molecule has 0 aliphatic heterocycles. The number of ether oxygens (including phenoxy) is 1. The molecule has 0 aliphatic rings. The predicted molar refractivity (Wildman–Crippen MR) is 84.8 cm³/mol. The van der Waals surface area contributed by atoms with Crippen LogP contribution >= 0.6 is 0 Å². The van der Waals surface area contributed by atoms with Gasteiger partial charge in [0.05, 0.1) is 6.61 Å². The first kappa shape index (κ1) is 18.9. The van der Waals surface area contributed by atoms with Crippen LogP contribution in [0, 0.1) is 0 Å². The molecular formula is C16H36N2O. The van der Waals surface area contributed by atoms with Gasteiger partial charge in [-0.2, -0.15) is 0 Å². The number of nitrogens with zero attached hydrogens (tertiary/aromatic N) is 1. The van der Waals surface area contributed by atoms with Gasteiger partial charge in [0.2, 0.25) is 0 Å². The van der Waals surface area contributed by atoms with Gasteiger partial charge in [0, 0.05) is 31.3 Å². The summed E-state index contributed by atoms with van der Waals surface area (Å²) in [6.45, 7) is 17.3. The SMILES string of the molecule is CC(C)NCCCCCOCCN(C(C)C)C(C)C. The van der Waals surface area contributed by atoms with E-state index in [1.165, 1.54) is 19.3 Å². The molecule has 3 nitrogen and oxygen atoms in total. The summed E-state index contributed by atoms with van der Waals surface area (Å²) >= 11 is 0. The summed E-state index contributed by atoms with van der Waals surface area (Å²) in [5.74, 6) is 0. The van der Waals surface area contributed by atoms with Crippen molar-refractivity contribution in [1.29, 1.82) is 0 Å². The number of hydrogen-bond donors (Lipinski definition) is 1. The summed E-state index contributed by atoms with van der Waals surface area (Å²) in [5.41, 5.74) is 0. The monoisotopic (exact) mass is 272 g/mol.